The van der Waals surface area contributed by atoms with Crippen molar-refractivity contribution in [1.82, 2.24) is 10.2 Å². The summed E-state index contributed by atoms with van der Waals surface area (Å²) in [5.74, 6) is 0.520. The summed E-state index contributed by atoms with van der Waals surface area (Å²) >= 11 is 12.2. The van der Waals surface area contributed by atoms with E-state index in [2.05, 4.69) is 5.32 Å². The Kier molecular flexibility index (Phi) is 5.91. The highest BCUT2D eigenvalue weighted by Gasteiger charge is 2.25. The second kappa shape index (κ2) is 7.48. The largest absolute Gasteiger partial charge is 0.336 e. The zero-order valence-corrected chi connectivity index (χ0v) is 14.0. The zero-order valence-electron chi connectivity index (χ0n) is 12.5. The molecule has 0 radical (unpaired) electrons. The number of nitrogens with one attached hydrogen (secondary N) is 1. The molecule has 1 N–H and O–H groups in total. The van der Waals surface area contributed by atoms with Crippen molar-refractivity contribution >= 4 is 29.1 Å². The number of hydrogen-bond acceptors (Lipinski definition) is 2. The van der Waals surface area contributed by atoms with Gasteiger partial charge < -0.3 is 10.2 Å². The summed E-state index contributed by atoms with van der Waals surface area (Å²) in [4.78, 5) is 14.7. The molecular formula is C16H22Cl2N2O. The average Bonchev–Trinajstić information content (AvgIpc) is 2.47. The molecule has 116 valence electrons. The van der Waals surface area contributed by atoms with Gasteiger partial charge in [-0.15, -0.1) is 0 Å². The van der Waals surface area contributed by atoms with Gasteiger partial charge in [0.1, 0.15) is 0 Å². The van der Waals surface area contributed by atoms with E-state index < -0.39 is 0 Å². The van der Waals surface area contributed by atoms with Crippen molar-refractivity contribution in [3.8, 4) is 0 Å². The van der Waals surface area contributed by atoms with Gasteiger partial charge in [0.15, 0.2) is 0 Å². The zero-order chi connectivity index (χ0) is 15.4. The van der Waals surface area contributed by atoms with E-state index >= 15 is 0 Å². The third-order valence-electron chi connectivity index (χ3n) is 3.96. The highest BCUT2D eigenvalue weighted by Crippen LogP contribution is 2.24. The summed E-state index contributed by atoms with van der Waals surface area (Å²) in [5.41, 5.74) is 0.492. The fourth-order valence-corrected chi connectivity index (χ4v) is 3.06. The Morgan fingerprint density at radius 3 is 2.62 bits per heavy atom. The first kappa shape index (κ1) is 16.6. The first-order valence-corrected chi connectivity index (χ1v) is 8.21. The van der Waals surface area contributed by atoms with Gasteiger partial charge >= 0.3 is 0 Å². The molecule has 1 aromatic carbocycles. The van der Waals surface area contributed by atoms with Crippen LogP contribution in [0.2, 0.25) is 10.0 Å². The van der Waals surface area contributed by atoms with Crippen molar-refractivity contribution in [1.29, 1.82) is 0 Å². The van der Waals surface area contributed by atoms with Crippen LogP contribution in [0.1, 0.15) is 37.0 Å². The lowest BCUT2D eigenvalue weighted by Crippen LogP contribution is -2.43. The molecule has 1 heterocycles. The number of amides is 1. The second-order valence-electron chi connectivity index (χ2n) is 5.87. The molecule has 1 amide bonds. The molecule has 0 saturated carbocycles. The molecule has 21 heavy (non-hydrogen) atoms. The lowest BCUT2D eigenvalue weighted by Gasteiger charge is -2.33. The molecule has 3 nitrogen and oxygen atoms in total. The van der Waals surface area contributed by atoms with Crippen LogP contribution in [-0.2, 0) is 0 Å². The van der Waals surface area contributed by atoms with E-state index in [1.165, 1.54) is 0 Å². The van der Waals surface area contributed by atoms with Gasteiger partial charge in [-0.1, -0.05) is 23.2 Å². The number of benzene rings is 1. The number of halogens is 2. The fraction of sp³-hybridized carbons (Fsp3) is 0.562. The van der Waals surface area contributed by atoms with Crippen LogP contribution in [0.25, 0.3) is 0 Å². The lowest BCUT2D eigenvalue weighted by molar-refractivity contribution is 0.0658. The molecule has 0 aromatic heterocycles. The van der Waals surface area contributed by atoms with Gasteiger partial charge in [0.25, 0.3) is 5.91 Å². The third-order valence-corrected chi connectivity index (χ3v) is 4.52. The quantitative estimate of drug-likeness (QED) is 0.910. The minimum atomic E-state index is -0.0315. The summed E-state index contributed by atoms with van der Waals surface area (Å²) in [5, 5.41) is 4.35. The van der Waals surface area contributed by atoms with E-state index in [4.69, 9.17) is 23.2 Å². The van der Waals surface area contributed by atoms with Crippen LogP contribution in [0.4, 0.5) is 0 Å². The van der Waals surface area contributed by atoms with Crippen molar-refractivity contribution in [3.05, 3.63) is 33.8 Å². The Bertz CT molecular complexity index is 499. The van der Waals surface area contributed by atoms with Crippen molar-refractivity contribution in [3.63, 3.8) is 0 Å². The summed E-state index contributed by atoms with van der Waals surface area (Å²) in [6, 6.07) is 5.18. The maximum atomic E-state index is 12.8. The van der Waals surface area contributed by atoms with Crippen LogP contribution < -0.4 is 5.32 Å². The molecular weight excluding hydrogens is 307 g/mol. The lowest BCUT2D eigenvalue weighted by atomic mass is 9.96. The molecule has 2 rings (SSSR count). The Morgan fingerprint density at radius 1 is 1.33 bits per heavy atom. The van der Waals surface area contributed by atoms with Crippen LogP contribution in [0, 0.1) is 5.92 Å². The van der Waals surface area contributed by atoms with E-state index in [1.54, 1.807) is 18.2 Å². The summed E-state index contributed by atoms with van der Waals surface area (Å²) in [7, 11) is 0. The van der Waals surface area contributed by atoms with Crippen LogP contribution in [0.15, 0.2) is 18.2 Å². The minimum Gasteiger partial charge on any atom is -0.336 e. The van der Waals surface area contributed by atoms with Gasteiger partial charge in [0.2, 0.25) is 0 Å². The van der Waals surface area contributed by atoms with Crippen molar-refractivity contribution in [2.45, 2.75) is 32.7 Å². The monoisotopic (exact) mass is 328 g/mol. The molecule has 1 aliphatic heterocycles. The van der Waals surface area contributed by atoms with E-state index in [0.29, 0.717) is 21.5 Å². The molecule has 0 aliphatic carbocycles. The highest BCUT2D eigenvalue weighted by molar-refractivity contribution is 6.35. The molecule has 1 saturated heterocycles. The summed E-state index contributed by atoms with van der Waals surface area (Å²) < 4.78 is 0. The van der Waals surface area contributed by atoms with Crippen molar-refractivity contribution in [2.75, 3.05) is 19.6 Å². The van der Waals surface area contributed by atoms with Gasteiger partial charge in [-0.05, 0) is 63.9 Å². The van der Waals surface area contributed by atoms with Gasteiger partial charge in [-0.25, -0.2) is 0 Å². The Labute approximate surface area is 136 Å². The van der Waals surface area contributed by atoms with Crippen LogP contribution >= 0.6 is 23.2 Å². The van der Waals surface area contributed by atoms with Crippen molar-refractivity contribution < 1.29 is 4.79 Å². The number of piperidine rings is 1. The van der Waals surface area contributed by atoms with E-state index in [1.807, 2.05) is 18.7 Å². The van der Waals surface area contributed by atoms with Gasteiger partial charge in [0, 0.05) is 17.6 Å². The predicted molar refractivity (Wildman–Crippen MR) is 88.2 cm³/mol. The molecule has 5 heteroatoms. The van der Waals surface area contributed by atoms with Gasteiger partial charge in [-0.3, -0.25) is 4.79 Å². The molecule has 1 aliphatic rings. The Morgan fingerprint density at radius 2 is 2.00 bits per heavy atom. The first-order chi connectivity index (χ1) is 9.99. The first-order valence-electron chi connectivity index (χ1n) is 7.45. The van der Waals surface area contributed by atoms with Crippen molar-refractivity contribution in [2.24, 2.45) is 5.92 Å². The standard InChI is InChI=1S/C16H22Cl2N2O/c1-11(2)20(10-12-5-7-19-8-6-12)16(21)14-9-13(17)3-4-15(14)18/h3-4,9,11-12,19H,5-8,10H2,1-2H3. The number of hydrogen-bond donors (Lipinski definition) is 1. The number of rotatable bonds is 4. The highest BCUT2D eigenvalue weighted by atomic mass is 35.5. The average molecular weight is 329 g/mol. The molecule has 0 atom stereocenters. The maximum absolute atomic E-state index is 12.8. The summed E-state index contributed by atoms with van der Waals surface area (Å²) in [6.45, 7) is 6.92. The molecule has 1 aromatic rings. The second-order valence-corrected chi connectivity index (χ2v) is 6.71. The molecule has 1 fully saturated rings. The van der Waals surface area contributed by atoms with Gasteiger partial charge in [0.05, 0.1) is 10.6 Å². The van der Waals surface area contributed by atoms with Crippen LogP contribution in [0.3, 0.4) is 0 Å². The van der Waals surface area contributed by atoms with Crippen LogP contribution in [0.5, 0.6) is 0 Å². The van der Waals surface area contributed by atoms with Crippen LogP contribution in [-0.4, -0.2) is 36.5 Å². The van der Waals surface area contributed by atoms with Gasteiger partial charge in [-0.2, -0.15) is 0 Å². The minimum absolute atomic E-state index is 0.0315. The smallest absolute Gasteiger partial charge is 0.255 e. The van der Waals surface area contributed by atoms with E-state index in [9.17, 15) is 4.79 Å². The topological polar surface area (TPSA) is 32.3 Å². The SMILES string of the molecule is CC(C)N(CC1CCNCC1)C(=O)c1cc(Cl)ccc1Cl. The maximum Gasteiger partial charge on any atom is 0.255 e. The molecule has 0 unspecified atom stereocenters. The number of carbonyl (C=O) groups is 1. The number of nitrogens with zero attached hydrogens (tertiary/aromatic N) is 1. The van der Waals surface area contributed by atoms with E-state index in [0.717, 1.165) is 32.5 Å². The predicted octanol–water partition coefficient (Wildman–Crippen LogP) is 3.84. The summed E-state index contributed by atoms with van der Waals surface area (Å²) in [6.07, 6.45) is 2.22. The fourth-order valence-electron chi connectivity index (χ4n) is 2.69. The molecule has 0 spiro atoms. The Hall–Kier alpha value is -0.770. The number of carbonyl (C=O) groups excluding carboxylic acids is 1. The Balaban J connectivity index is 2.16. The van der Waals surface area contributed by atoms with E-state index in [-0.39, 0.29) is 11.9 Å². The normalized spacial score (nSPS) is 16.2. The molecule has 0 bridgehead atoms. The third kappa shape index (κ3) is 4.35.